The molecule has 0 spiro atoms. The Bertz CT molecular complexity index is 1180. The molecule has 6 heteroatoms. The zero-order valence-corrected chi connectivity index (χ0v) is 18.5. The zero-order valence-electron chi connectivity index (χ0n) is 18.5. The van der Waals surface area contributed by atoms with E-state index in [9.17, 15) is 4.79 Å². The predicted octanol–water partition coefficient (Wildman–Crippen LogP) is 5.51. The summed E-state index contributed by atoms with van der Waals surface area (Å²) in [6.45, 7) is 3.11. The fourth-order valence-corrected chi connectivity index (χ4v) is 3.45. The number of aliphatic carboxylic acids is 1. The van der Waals surface area contributed by atoms with Gasteiger partial charge in [0, 0.05) is 24.2 Å². The number of rotatable bonds is 10. The van der Waals surface area contributed by atoms with Crippen molar-refractivity contribution in [2.75, 3.05) is 11.9 Å². The second kappa shape index (κ2) is 10.5. The van der Waals surface area contributed by atoms with Crippen molar-refractivity contribution in [3.05, 3.63) is 101 Å². The molecule has 0 aliphatic carbocycles. The van der Waals surface area contributed by atoms with E-state index in [0.717, 1.165) is 39.6 Å². The number of anilines is 1. The van der Waals surface area contributed by atoms with Gasteiger partial charge >= 0.3 is 5.97 Å². The summed E-state index contributed by atoms with van der Waals surface area (Å²) in [6.07, 6.45) is 0.704. The van der Waals surface area contributed by atoms with Gasteiger partial charge in [-0.2, -0.15) is 0 Å². The van der Waals surface area contributed by atoms with Gasteiger partial charge < -0.3 is 19.6 Å². The summed E-state index contributed by atoms with van der Waals surface area (Å²) in [4.78, 5) is 15.4. The third-order valence-electron chi connectivity index (χ3n) is 5.25. The van der Waals surface area contributed by atoms with Crippen molar-refractivity contribution in [1.29, 1.82) is 0 Å². The minimum atomic E-state index is -0.828. The van der Waals surface area contributed by atoms with Gasteiger partial charge in [-0.25, -0.2) is 4.98 Å². The molecule has 1 heterocycles. The molecule has 0 saturated carbocycles. The number of nitrogens with zero attached hydrogens (tertiary/aromatic N) is 1. The molecule has 4 rings (SSSR count). The van der Waals surface area contributed by atoms with Gasteiger partial charge in [0.15, 0.2) is 0 Å². The minimum absolute atomic E-state index is 0.0339. The molecule has 0 aliphatic rings. The number of hydrogen-bond acceptors (Lipinski definition) is 5. The quantitative estimate of drug-likeness (QED) is 0.337. The number of aromatic nitrogens is 1. The van der Waals surface area contributed by atoms with E-state index in [-0.39, 0.29) is 6.42 Å². The van der Waals surface area contributed by atoms with Crippen molar-refractivity contribution in [2.45, 2.75) is 26.3 Å². The highest BCUT2D eigenvalue weighted by Crippen LogP contribution is 2.22. The first-order chi connectivity index (χ1) is 16.1. The van der Waals surface area contributed by atoms with E-state index in [2.05, 4.69) is 10.3 Å². The molecule has 6 nitrogen and oxygen atoms in total. The first-order valence-electron chi connectivity index (χ1n) is 10.8. The van der Waals surface area contributed by atoms with Crippen LogP contribution in [-0.2, 0) is 24.2 Å². The number of benzene rings is 3. The number of carboxylic acid groups (broad SMARTS) is 1. The molecule has 0 atom stereocenters. The molecule has 0 bridgehead atoms. The third-order valence-corrected chi connectivity index (χ3v) is 5.25. The molecule has 4 aromatic rings. The van der Waals surface area contributed by atoms with Crippen LogP contribution in [0.2, 0.25) is 0 Å². The second-order valence-corrected chi connectivity index (χ2v) is 7.75. The van der Waals surface area contributed by atoms with Crippen LogP contribution in [-0.4, -0.2) is 22.7 Å². The molecule has 0 aliphatic heterocycles. The molecule has 0 radical (unpaired) electrons. The Labute approximate surface area is 192 Å². The summed E-state index contributed by atoms with van der Waals surface area (Å²) in [7, 11) is 0. The van der Waals surface area contributed by atoms with Crippen LogP contribution in [0.1, 0.15) is 22.6 Å². The Morgan fingerprint density at radius 1 is 0.970 bits per heavy atom. The highest BCUT2D eigenvalue weighted by Gasteiger charge is 2.11. The summed E-state index contributed by atoms with van der Waals surface area (Å²) < 4.78 is 11.7. The van der Waals surface area contributed by atoms with Crippen LogP contribution in [0.4, 0.5) is 5.69 Å². The number of aryl methyl sites for hydroxylation is 1. The summed E-state index contributed by atoms with van der Waals surface area (Å²) in [5.41, 5.74) is 4.73. The highest BCUT2D eigenvalue weighted by molar-refractivity contribution is 5.70. The molecule has 0 saturated heterocycles. The van der Waals surface area contributed by atoms with Gasteiger partial charge in [-0.05, 0) is 54.4 Å². The van der Waals surface area contributed by atoms with Crippen LogP contribution in [0, 0.1) is 6.92 Å². The predicted molar refractivity (Wildman–Crippen MR) is 127 cm³/mol. The molecule has 0 amide bonds. The van der Waals surface area contributed by atoms with E-state index < -0.39 is 5.97 Å². The highest BCUT2D eigenvalue weighted by atomic mass is 16.5. The van der Waals surface area contributed by atoms with Crippen LogP contribution in [0.15, 0.2) is 83.3 Å². The smallest absolute Gasteiger partial charge is 0.307 e. The molecule has 1 aromatic heterocycles. The van der Waals surface area contributed by atoms with Crippen LogP contribution < -0.4 is 10.1 Å². The average molecular weight is 443 g/mol. The lowest BCUT2D eigenvalue weighted by atomic mass is 10.1. The third kappa shape index (κ3) is 6.23. The Balaban J connectivity index is 1.25. The van der Waals surface area contributed by atoms with Crippen molar-refractivity contribution in [3.63, 3.8) is 0 Å². The molecule has 0 fully saturated rings. The fourth-order valence-electron chi connectivity index (χ4n) is 3.45. The van der Waals surface area contributed by atoms with Gasteiger partial charge in [0.2, 0.25) is 5.89 Å². The summed E-state index contributed by atoms with van der Waals surface area (Å²) in [6, 6.07) is 25.3. The van der Waals surface area contributed by atoms with Crippen LogP contribution in [0.5, 0.6) is 5.75 Å². The number of hydrogen-bond donors (Lipinski definition) is 2. The zero-order chi connectivity index (χ0) is 23.0. The number of carbonyl (C=O) groups is 1. The first-order valence-corrected chi connectivity index (χ1v) is 10.8. The first kappa shape index (κ1) is 22.1. The molecular weight excluding hydrogens is 416 g/mol. The summed E-state index contributed by atoms with van der Waals surface area (Å²) >= 11 is 0. The van der Waals surface area contributed by atoms with Gasteiger partial charge in [0.25, 0.3) is 0 Å². The van der Waals surface area contributed by atoms with Crippen molar-refractivity contribution < 1.29 is 19.1 Å². The maximum atomic E-state index is 10.8. The second-order valence-electron chi connectivity index (χ2n) is 7.75. The minimum Gasteiger partial charge on any atom is -0.493 e. The largest absolute Gasteiger partial charge is 0.493 e. The van der Waals surface area contributed by atoms with E-state index in [1.54, 1.807) is 0 Å². The molecule has 0 unspecified atom stereocenters. The van der Waals surface area contributed by atoms with Gasteiger partial charge in [-0.3, -0.25) is 4.79 Å². The molecule has 33 heavy (non-hydrogen) atoms. The van der Waals surface area contributed by atoms with Crippen molar-refractivity contribution in [3.8, 4) is 17.2 Å². The van der Waals surface area contributed by atoms with E-state index >= 15 is 0 Å². The van der Waals surface area contributed by atoms with E-state index in [1.807, 2.05) is 85.8 Å². The van der Waals surface area contributed by atoms with Gasteiger partial charge in [0.1, 0.15) is 11.5 Å². The normalized spacial score (nSPS) is 10.7. The van der Waals surface area contributed by atoms with Crippen LogP contribution >= 0.6 is 0 Å². The number of carboxylic acids is 1. The van der Waals surface area contributed by atoms with Gasteiger partial charge in [-0.1, -0.05) is 42.5 Å². The number of ether oxygens (including phenoxy) is 1. The monoisotopic (exact) mass is 442 g/mol. The van der Waals surface area contributed by atoms with Gasteiger partial charge in [-0.15, -0.1) is 0 Å². The number of nitrogens with one attached hydrogen (secondary N) is 1. The number of oxazole rings is 1. The van der Waals surface area contributed by atoms with E-state index in [0.29, 0.717) is 25.5 Å². The van der Waals surface area contributed by atoms with Crippen molar-refractivity contribution in [2.24, 2.45) is 0 Å². The molecule has 3 aromatic carbocycles. The van der Waals surface area contributed by atoms with Crippen molar-refractivity contribution in [1.82, 2.24) is 4.98 Å². The maximum Gasteiger partial charge on any atom is 0.307 e. The molecule has 2 N–H and O–H groups in total. The summed E-state index contributed by atoms with van der Waals surface area (Å²) in [5.74, 6) is 1.43. The Hall–Kier alpha value is -4.06. The standard InChI is InChI=1S/C27H26N2O4/c1-19-25(29-27(33-19)22-5-3-2-4-6-22)15-16-32-24-13-9-21(10-14-24)18-28-23-11-7-20(8-12-23)17-26(30)31/h2-14,28H,15-18H2,1H3,(H,30,31). The maximum absolute atomic E-state index is 10.8. The van der Waals surface area contributed by atoms with Crippen molar-refractivity contribution >= 4 is 11.7 Å². The van der Waals surface area contributed by atoms with Gasteiger partial charge in [0.05, 0.1) is 18.7 Å². The van der Waals surface area contributed by atoms with Crippen LogP contribution in [0.3, 0.4) is 0 Å². The summed E-state index contributed by atoms with van der Waals surface area (Å²) in [5, 5.41) is 12.2. The van der Waals surface area contributed by atoms with E-state index in [4.69, 9.17) is 14.3 Å². The lowest BCUT2D eigenvalue weighted by molar-refractivity contribution is -0.136. The topological polar surface area (TPSA) is 84.6 Å². The van der Waals surface area contributed by atoms with Crippen LogP contribution in [0.25, 0.3) is 11.5 Å². The Morgan fingerprint density at radius 3 is 2.36 bits per heavy atom. The lowest BCUT2D eigenvalue weighted by Crippen LogP contribution is -2.03. The Morgan fingerprint density at radius 2 is 1.67 bits per heavy atom. The SMILES string of the molecule is Cc1oc(-c2ccccc2)nc1CCOc1ccc(CNc2ccc(CC(=O)O)cc2)cc1. The fraction of sp³-hybridized carbons (Fsp3) is 0.185. The lowest BCUT2D eigenvalue weighted by Gasteiger charge is -2.09. The molecular formula is C27H26N2O4. The molecule has 168 valence electrons. The van der Waals surface area contributed by atoms with E-state index in [1.165, 1.54) is 0 Å². The Kier molecular flexibility index (Phi) is 7.05. The average Bonchev–Trinajstić information content (AvgIpc) is 3.20.